The molecule has 5 heterocycles. The minimum Gasteiger partial charge on any atom is -0.481 e. The minimum absolute atomic E-state index is 0.0634. The van der Waals surface area contributed by atoms with Gasteiger partial charge in [-0.15, -0.1) is 11.3 Å². The van der Waals surface area contributed by atoms with E-state index in [1.807, 2.05) is 18.4 Å². The maximum atomic E-state index is 14.4. The summed E-state index contributed by atoms with van der Waals surface area (Å²) in [6.07, 6.45) is 3.20. The Hall–Kier alpha value is -4.66. The van der Waals surface area contributed by atoms with Gasteiger partial charge in [0.05, 0.1) is 46.6 Å². The highest BCUT2D eigenvalue weighted by atomic mass is 32.1. The van der Waals surface area contributed by atoms with Crippen molar-refractivity contribution in [2.24, 2.45) is 23.2 Å². The predicted molar refractivity (Wildman–Crippen MR) is 208 cm³/mol. The molecule has 0 radical (unpaired) electrons. The zero-order chi connectivity index (χ0) is 39.4. The van der Waals surface area contributed by atoms with Crippen molar-refractivity contribution in [1.82, 2.24) is 30.3 Å². The Labute approximate surface area is 324 Å². The van der Waals surface area contributed by atoms with Crippen LogP contribution in [0.1, 0.15) is 76.8 Å². The number of carboxylic acids is 1. The molecule has 7 rings (SSSR count). The van der Waals surface area contributed by atoms with Crippen LogP contribution in [0.3, 0.4) is 0 Å². The summed E-state index contributed by atoms with van der Waals surface area (Å²) < 4.78 is 14.1. The third-order valence-corrected chi connectivity index (χ3v) is 12.3. The third kappa shape index (κ3) is 7.27. The van der Waals surface area contributed by atoms with E-state index in [1.165, 1.54) is 16.3 Å². The Balaban J connectivity index is 1.36. The van der Waals surface area contributed by atoms with E-state index in [-0.39, 0.29) is 25.0 Å². The van der Waals surface area contributed by atoms with E-state index in [0.29, 0.717) is 37.4 Å². The van der Waals surface area contributed by atoms with Crippen molar-refractivity contribution in [3.05, 3.63) is 58.2 Å². The number of hydrogen-bond donors (Lipinski definition) is 3. The Morgan fingerprint density at radius 1 is 1.18 bits per heavy atom. The lowest BCUT2D eigenvalue weighted by atomic mass is 9.84. The summed E-state index contributed by atoms with van der Waals surface area (Å²) in [5, 5.41) is 17.6. The number of pyridine rings is 1. The molecular weight excluding hydrogens is 721 g/mol. The molecule has 2 fully saturated rings. The van der Waals surface area contributed by atoms with Crippen LogP contribution in [-0.2, 0) is 48.0 Å². The van der Waals surface area contributed by atoms with Crippen LogP contribution >= 0.6 is 11.3 Å². The summed E-state index contributed by atoms with van der Waals surface area (Å²) in [6, 6.07) is 9.59. The van der Waals surface area contributed by atoms with Gasteiger partial charge in [0, 0.05) is 65.6 Å². The largest absolute Gasteiger partial charge is 0.481 e. The number of carbonyl (C=O) groups excluding carboxylic acids is 3. The van der Waals surface area contributed by atoms with Gasteiger partial charge in [0.2, 0.25) is 5.91 Å². The first kappa shape index (κ1) is 38.6. The van der Waals surface area contributed by atoms with Gasteiger partial charge in [-0.25, -0.2) is 10.4 Å². The summed E-state index contributed by atoms with van der Waals surface area (Å²) in [5.41, 5.74) is 7.75. The van der Waals surface area contributed by atoms with Gasteiger partial charge in [-0.1, -0.05) is 26.8 Å². The van der Waals surface area contributed by atoms with Crippen LogP contribution in [0.2, 0.25) is 0 Å². The molecule has 14 heteroatoms. The van der Waals surface area contributed by atoms with Crippen molar-refractivity contribution < 1.29 is 33.8 Å². The molecule has 6 atom stereocenters. The maximum absolute atomic E-state index is 14.4. The third-order valence-electron chi connectivity index (χ3n) is 11.5. The quantitative estimate of drug-likeness (QED) is 0.203. The number of nitrogens with zero attached hydrogens (tertiary/aromatic N) is 4. The fraction of sp³-hybridized carbons (Fsp3) is 0.512. The fourth-order valence-corrected chi connectivity index (χ4v) is 9.31. The minimum atomic E-state index is -1.49. The fourth-order valence-electron chi connectivity index (χ4n) is 8.35. The number of benzene rings is 1. The number of nitrogens with one attached hydrogen (secondary N) is 2. The maximum Gasteiger partial charge on any atom is 0.324 e. The molecule has 3 aromatic heterocycles. The number of fused-ring (bicyclic) bond motifs is 6. The number of carbonyl (C=O) groups is 4. The van der Waals surface area contributed by atoms with Crippen molar-refractivity contribution in [3.63, 3.8) is 0 Å². The molecule has 2 aliphatic heterocycles. The van der Waals surface area contributed by atoms with Crippen molar-refractivity contribution in [2.45, 2.75) is 91.5 Å². The zero-order valence-corrected chi connectivity index (χ0v) is 33.3. The molecule has 1 saturated heterocycles. The van der Waals surface area contributed by atoms with Gasteiger partial charge < -0.3 is 24.5 Å². The standard InChI is InChI=1S/C41H50N6O7S/c1-8-46-30-14-13-24-17-26(30)27(35(46)25-11-9-15-42-34(25)23(3)53-7)18-40(4,5)21-54-38(51)28-12-10-16-47(45-28)39(52)41(6,19-31-43-29(24)20-55-31)44-36(48)32-22(2)33(32)37(49)50/h9,11,13-15,17,20,22-23,28,32-33,45H,8,10,12,16,18-19,21H2,1-7H3,(H,44,48)(H,49,50)/t22-,23+,28+,32-,33-,41?/m1/s1. The van der Waals surface area contributed by atoms with Crippen molar-refractivity contribution in [2.75, 3.05) is 20.3 Å². The van der Waals surface area contributed by atoms with Crippen LogP contribution in [-0.4, -0.2) is 80.2 Å². The molecule has 3 aliphatic rings. The molecule has 6 bridgehead atoms. The monoisotopic (exact) mass is 770 g/mol. The van der Waals surface area contributed by atoms with Crippen LogP contribution in [0.5, 0.6) is 0 Å². The molecule has 13 nitrogen and oxygen atoms in total. The second-order valence-electron chi connectivity index (χ2n) is 16.2. The summed E-state index contributed by atoms with van der Waals surface area (Å²) in [5.74, 6) is -4.33. The van der Waals surface area contributed by atoms with E-state index in [2.05, 4.69) is 60.3 Å². The topological polar surface area (TPSA) is 165 Å². The number of ether oxygens (including phenoxy) is 2. The highest BCUT2D eigenvalue weighted by Gasteiger charge is 2.58. The van der Waals surface area contributed by atoms with Gasteiger partial charge in [0.25, 0.3) is 5.91 Å². The second-order valence-corrected chi connectivity index (χ2v) is 17.2. The first-order valence-electron chi connectivity index (χ1n) is 19.0. The number of aromatic nitrogens is 3. The highest BCUT2D eigenvalue weighted by Crippen LogP contribution is 2.47. The summed E-state index contributed by atoms with van der Waals surface area (Å²) in [7, 11) is 1.68. The highest BCUT2D eigenvalue weighted by molar-refractivity contribution is 7.10. The van der Waals surface area contributed by atoms with Crippen molar-refractivity contribution in [1.29, 1.82) is 0 Å². The van der Waals surface area contributed by atoms with Crippen LogP contribution in [0.15, 0.2) is 41.9 Å². The molecule has 1 unspecified atom stereocenters. The number of hydrogen-bond acceptors (Lipinski definition) is 10. The molecule has 1 aliphatic carbocycles. The second kappa shape index (κ2) is 14.8. The van der Waals surface area contributed by atoms with Gasteiger partial charge in [0.15, 0.2) is 0 Å². The smallest absolute Gasteiger partial charge is 0.324 e. The van der Waals surface area contributed by atoms with Crippen molar-refractivity contribution in [3.8, 4) is 22.5 Å². The SMILES string of the molecule is CCn1c(-c2cccnc2[C@H](C)OC)c2c3cc(ccc31)-c1csc(n1)CC(C)(NC(=O)[C@@H]1[C@@H](C)[C@H]1C(=O)O)C(=O)N1CCC[C@H](N1)C(=O)OCC(C)(C)C2. The summed E-state index contributed by atoms with van der Waals surface area (Å²) in [6.45, 7) is 12.8. The van der Waals surface area contributed by atoms with E-state index < -0.39 is 52.6 Å². The Kier molecular flexibility index (Phi) is 10.4. The molecule has 1 saturated carbocycles. The lowest BCUT2D eigenvalue weighted by Gasteiger charge is -2.39. The van der Waals surface area contributed by atoms with E-state index in [9.17, 15) is 24.3 Å². The molecule has 55 heavy (non-hydrogen) atoms. The Bertz CT molecular complexity index is 2160. The number of aliphatic carboxylic acids is 1. The van der Waals surface area contributed by atoms with E-state index in [1.54, 1.807) is 27.2 Å². The van der Waals surface area contributed by atoms with Gasteiger partial charge in [-0.2, -0.15) is 0 Å². The van der Waals surface area contributed by atoms with E-state index >= 15 is 0 Å². The molecule has 0 spiro atoms. The van der Waals surface area contributed by atoms with Gasteiger partial charge in [-0.3, -0.25) is 29.2 Å². The molecular formula is C41H50N6O7S. The Morgan fingerprint density at radius 3 is 2.67 bits per heavy atom. The van der Waals surface area contributed by atoms with E-state index in [4.69, 9.17) is 19.4 Å². The van der Waals surface area contributed by atoms with Crippen LogP contribution in [0.25, 0.3) is 33.4 Å². The van der Waals surface area contributed by atoms with Crippen LogP contribution < -0.4 is 10.7 Å². The van der Waals surface area contributed by atoms with Crippen LogP contribution in [0.4, 0.5) is 0 Å². The lowest BCUT2D eigenvalue weighted by molar-refractivity contribution is -0.157. The first-order valence-corrected chi connectivity index (χ1v) is 19.9. The number of carboxylic acid groups (broad SMARTS) is 1. The number of esters is 1. The van der Waals surface area contributed by atoms with Crippen LogP contribution in [0, 0.1) is 23.2 Å². The Morgan fingerprint density at radius 2 is 1.96 bits per heavy atom. The first-order chi connectivity index (χ1) is 26.2. The molecule has 3 N–H and O–H groups in total. The summed E-state index contributed by atoms with van der Waals surface area (Å²) >= 11 is 1.40. The zero-order valence-electron chi connectivity index (χ0n) is 32.5. The average Bonchev–Trinajstić information content (AvgIpc) is 3.49. The summed E-state index contributed by atoms with van der Waals surface area (Å²) in [4.78, 5) is 63.3. The number of cyclic esters (lactones) is 1. The lowest BCUT2D eigenvalue weighted by Crippen LogP contribution is -2.65. The number of thiazole rings is 1. The number of methoxy groups -OCH3 is 1. The predicted octanol–water partition coefficient (Wildman–Crippen LogP) is 5.56. The molecule has 1 aromatic carbocycles. The number of amides is 2. The van der Waals surface area contributed by atoms with Gasteiger partial charge in [0.1, 0.15) is 11.6 Å². The average molecular weight is 771 g/mol. The molecule has 2 amide bonds. The number of hydrazine groups is 1. The molecule has 292 valence electrons. The van der Waals surface area contributed by atoms with E-state index in [0.717, 1.165) is 44.7 Å². The number of rotatable bonds is 7. The van der Waals surface area contributed by atoms with Gasteiger partial charge >= 0.3 is 11.9 Å². The van der Waals surface area contributed by atoms with Crippen molar-refractivity contribution >= 4 is 46.0 Å². The molecule has 4 aromatic rings. The van der Waals surface area contributed by atoms with Gasteiger partial charge in [-0.05, 0) is 75.8 Å². The normalized spacial score (nSPS) is 25.9. The number of aryl methyl sites for hydroxylation is 1.